The number of rotatable bonds is 8. The van der Waals surface area contributed by atoms with Crippen LogP contribution in [0.2, 0.25) is 0 Å². The van der Waals surface area contributed by atoms with E-state index in [1.165, 1.54) is 0 Å². The Kier molecular flexibility index (Phi) is 8.31. The molecular weight excluding hydrogens is 713 g/mol. The van der Waals surface area contributed by atoms with Gasteiger partial charge >= 0.3 is 0 Å². The second-order valence-corrected chi connectivity index (χ2v) is 16.0. The van der Waals surface area contributed by atoms with Crippen molar-refractivity contribution in [3.63, 3.8) is 0 Å². The number of hydrogen-bond acceptors (Lipinski definition) is 10. The summed E-state index contributed by atoms with van der Waals surface area (Å²) in [5.74, 6) is 0.621. The normalized spacial score (nSPS) is 23.5. The van der Waals surface area contributed by atoms with Crippen LogP contribution >= 0.6 is 0 Å². The van der Waals surface area contributed by atoms with E-state index in [0.29, 0.717) is 41.2 Å². The number of ether oxygens (including phenoxy) is 1. The van der Waals surface area contributed by atoms with Gasteiger partial charge in [0.25, 0.3) is 5.91 Å². The van der Waals surface area contributed by atoms with Crippen LogP contribution < -0.4 is 25.2 Å². The molecule has 1 unspecified atom stereocenters. The minimum Gasteiger partial charge on any atom is -0.496 e. The summed E-state index contributed by atoms with van der Waals surface area (Å²) in [6.45, 7) is 4.90. The number of hydrogen-bond donors (Lipinski definition) is 2. The van der Waals surface area contributed by atoms with Crippen LogP contribution in [-0.4, -0.2) is 98.8 Å². The molecule has 2 saturated carbocycles. The highest BCUT2D eigenvalue weighted by Gasteiger charge is 2.61. The van der Waals surface area contributed by atoms with E-state index in [1.54, 1.807) is 35.0 Å². The molecule has 15 nitrogen and oxygen atoms in total. The van der Waals surface area contributed by atoms with Crippen molar-refractivity contribution in [3.8, 4) is 5.75 Å². The summed E-state index contributed by atoms with van der Waals surface area (Å²) in [5.41, 5.74) is 4.34. The van der Waals surface area contributed by atoms with E-state index in [2.05, 4.69) is 53.5 Å². The van der Waals surface area contributed by atoms with Crippen molar-refractivity contribution in [1.29, 1.82) is 0 Å². The Morgan fingerprint density at radius 2 is 1.82 bits per heavy atom. The van der Waals surface area contributed by atoms with Gasteiger partial charge in [-0.15, -0.1) is 0 Å². The number of anilines is 3. The molecule has 1 spiro atoms. The third-order valence-electron chi connectivity index (χ3n) is 12.7. The summed E-state index contributed by atoms with van der Waals surface area (Å²) in [7, 11) is 1.56. The minimum absolute atomic E-state index is 0.00704. The molecule has 4 amide bonds. The molecule has 0 radical (unpaired) electrons. The lowest BCUT2D eigenvalue weighted by Gasteiger charge is -2.39. The molecule has 56 heavy (non-hydrogen) atoms. The third kappa shape index (κ3) is 5.87. The van der Waals surface area contributed by atoms with Crippen molar-refractivity contribution in [1.82, 2.24) is 34.6 Å². The monoisotopic (exact) mass is 756 g/mol. The summed E-state index contributed by atoms with van der Waals surface area (Å²) >= 11 is 0. The van der Waals surface area contributed by atoms with E-state index in [-0.39, 0.29) is 30.0 Å². The van der Waals surface area contributed by atoms with Crippen molar-refractivity contribution in [3.05, 3.63) is 72.2 Å². The number of aromatic nitrogens is 5. The number of benzene rings is 2. The highest BCUT2D eigenvalue weighted by Crippen LogP contribution is 2.58. The van der Waals surface area contributed by atoms with Crippen molar-refractivity contribution in [2.75, 3.05) is 55.0 Å². The van der Waals surface area contributed by atoms with Crippen molar-refractivity contribution >= 4 is 57.4 Å². The number of nitrogens with zero attached hydrogens (tertiary/aromatic N) is 8. The smallest absolute Gasteiger partial charge is 0.260 e. The van der Waals surface area contributed by atoms with E-state index in [4.69, 9.17) is 9.84 Å². The predicted molar refractivity (Wildman–Crippen MR) is 208 cm³/mol. The topological polar surface area (TPSA) is 159 Å². The zero-order valence-corrected chi connectivity index (χ0v) is 31.3. The maximum atomic E-state index is 13.7. The first-order valence-electron chi connectivity index (χ1n) is 19.7. The molecule has 15 heteroatoms. The van der Waals surface area contributed by atoms with Gasteiger partial charge in [0.15, 0.2) is 11.5 Å². The van der Waals surface area contributed by atoms with E-state index in [1.807, 2.05) is 24.3 Å². The molecule has 2 aliphatic carbocycles. The van der Waals surface area contributed by atoms with Crippen LogP contribution in [0.5, 0.6) is 5.75 Å². The lowest BCUT2D eigenvalue weighted by molar-refractivity contribution is -0.135. The largest absolute Gasteiger partial charge is 0.496 e. The molecule has 288 valence electrons. The Morgan fingerprint density at radius 3 is 2.59 bits per heavy atom. The van der Waals surface area contributed by atoms with E-state index in [0.717, 1.165) is 99.1 Å². The van der Waals surface area contributed by atoms with Gasteiger partial charge in [-0.05, 0) is 92.8 Å². The van der Waals surface area contributed by atoms with Crippen LogP contribution in [0.25, 0.3) is 16.6 Å². The fourth-order valence-corrected chi connectivity index (χ4v) is 9.46. The Bertz CT molecular complexity index is 2400. The number of amides is 4. The summed E-state index contributed by atoms with van der Waals surface area (Å²) in [6.07, 6.45) is 11.9. The maximum absolute atomic E-state index is 13.7. The molecule has 0 bridgehead atoms. The van der Waals surface area contributed by atoms with Crippen LogP contribution in [0.3, 0.4) is 0 Å². The molecular formula is C41H44N10O5. The number of carbonyl (C=O) groups is 4. The van der Waals surface area contributed by atoms with Gasteiger partial charge in [-0.3, -0.25) is 39.0 Å². The minimum atomic E-state index is -0.631. The van der Waals surface area contributed by atoms with E-state index in [9.17, 15) is 19.2 Å². The average Bonchev–Trinajstić information content (AvgIpc) is 3.68. The Balaban J connectivity index is 0.747. The molecule has 2 aromatic carbocycles. The van der Waals surface area contributed by atoms with Crippen LogP contribution in [-0.2, 0) is 19.8 Å². The molecule has 5 aromatic rings. The zero-order chi connectivity index (χ0) is 38.1. The molecule has 5 aliphatic rings. The first-order valence-corrected chi connectivity index (χ1v) is 19.7. The van der Waals surface area contributed by atoms with E-state index >= 15 is 0 Å². The van der Waals surface area contributed by atoms with Crippen molar-refractivity contribution in [2.45, 2.75) is 68.9 Å². The van der Waals surface area contributed by atoms with Crippen LogP contribution in [0, 0.1) is 5.92 Å². The fraction of sp³-hybridized carbons (Fsp3) is 0.439. The maximum Gasteiger partial charge on any atom is 0.260 e. The van der Waals surface area contributed by atoms with Crippen LogP contribution in [0.15, 0.2) is 61.1 Å². The van der Waals surface area contributed by atoms with Crippen LogP contribution in [0.4, 0.5) is 17.2 Å². The summed E-state index contributed by atoms with van der Waals surface area (Å²) in [4.78, 5) is 62.6. The SMILES string of the molecule is COc1cc2nn(C3CCC(CN4CCN(c5ccc6c(c5)C5(CC5)C(=O)N6C5CCC(=O)NC5=O)CC4)CC3)cc2cc1C(=O)Nc1cnc2cccnn12. The molecule has 1 atom stereocenters. The van der Waals surface area contributed by atoms with Gasteiger partial charge in [0, 0.05) is 74.4 Å². The quantitative estimate of drug-likeness (QED) is 0.221. The second-order valence-electron chi connectivity index (χ2n) is 16.0. The number of methoxy groups -OCH3 is 1. The molecule has 2 saturated heterocycles. The zero-order valence-electron chi connectivity index (χ0n) is 31.3. The predicted octanol–water partition coefficient (Wildman–Crippen LogP) is 4.08. The van der Waals surface area contributed by atoms with Gasteiger partial charge in [0.1, 0.15) is 11.8 Å². The van der Waals surface area contributed by atoms with Crippen molar-refractivity contribution < 1.29 is 23.9 Å². The van der Waals surface area contributed by atoms with E-state index < -0.39 is 11.5 Å². The number of piperazine rings is 1. The average molecular weight is 757 g/mol. The third-order valence-corrected chi connectivity index (χ3v) is 12.7. The Morgan fingerprint density at radius 1 is 1.00 bits per heavy atom. The fourth-order valence-electron chi connectivity index (χ4n) is 9.46. The Hall–Kier alpha value is -5.83. The number of imide groups is 1. The van der Waals surface area contributed by atoms with Gasteiger partial charge in [0.2, 0.25) is 17.7 Å². The van der Waals surface area contributed by atoms with Gasteiger partial charge in [0.05, 0.1) is 35.8 Å². The summed E-state index contributed by atoms with van der Waals surface area (Å²) in [5, 5.41) is 15.5. The number of imidazole rings is 1. The number of fused-ring (bicyclic) bond motifs is 4. The Labute approximate surface area is 322 Å². The molecule has 3 aromatic heterocycles. The number of carbonyl (C=O) groups excluding carboxylic acids is 4. The van der Waals surface area contributed by atoms with Gasteiger partial charge in [-0.2, -0.15) is 14.7 Å². The first kappa shape index (κ1) is 34.6. The number of nitrogens with one attached hydrogen (secondary N) is 2. The molecule has 4 fully saturated rings. The summed E-state index contributed by atoms with van der Waals surface area (Å²) < 4.78 is 9.29. The van der Waals surface area contributed by atoms with Crippen LogP contribution in [0.1, 0.15) is 73.3 Å². The summed E-state index contributed by atoms with van der Waals surface area (Å²) in [6, 6.07) is 13.3. The van der Waals surface area contributed by atoms with Gasteiger partial charge < -0.3 is 15.0 Å². The molecule has 2 N–H and O–H groups in total. The highest BCUT2D eigenvalue weighted by molar-refractivity contribution is 6.15. The first-order chi connectivity index (χ1) is 27.3. The second kappa shape index (κ2) is 13.4. The number of piperidine rings is 1. The lowest BCUT2D eigenvalue weighted by Crippen LogP contribution is -2.54. The molecule has 3 aliphatic heterocycles. The lowest BCUT2D eigenvalue weighted by atomic mass is 9.85. The van der Waals surface area contributed by atoms with Gasteiger partial charge in [-0.25, -0.2) is 4.98 Å². The highest BCUT2D eigenvalue weighted by atomic mass is 16.5. The van der Waals surface area contributed by atoms with Gasteiger partial charge in [-0.1, -0.05) is 0 Å². The van der Waals surface area contributed by atoms with Crippen molar-refractivity contribution in [2.24, 2.45) is 5.92 Å². The molecule has 6 heterocycles. The molecule has 10 rings (SSSR count). The standard InChI is InChI=1S/C41H44N10O5/c1-56-34-21-31-26(19-29(34)38(53)44-36-22-42-35-3-2-14-43-51(35)36)24-49(46-31)27-6-4-25(5-7-27)23-47-15-17-48(18-16-47)28-8-9-32-30(20-28)41(12-13-41)40(55)50(32)33-10-11-37(52)45-39(33)54/h2-3,8-9,14,19-22,24-25,27,33H,4-7,10-13,15-18,23H2,1H3,(H,44,53)(H,45,52,54).